The summed E-state index contributed by atoms with van der Waals surface area (Å²) in [5.41, 5.74) is 0.535. The predicted octanol–water partition coefficient (Wildman–Crippen LogP) is 0.583. The Morgan fingerprint density at radius 3 is 2.56 bits per heavy atom. The van der Waals surface area contributed by atoms with Gasteiger partial charge in [0.15, 0.2) is 8.38 Å². The van der Waals surface area contributed by atoms with Gasteiger partial charge in [-0.1, -0.05) is 6.58 Å². The van der Waals surface area contributed by atoms with Gasteiger partial charge in [-0.05, 0) is 25.6 Å². The molecule has 3 heterocycles. The summed E-state index contributed by atoms with van der Waals surface area (Å²) in [6.45, 7) is 5.06. The Morgan fingerprint density at radius 1 is 1.41 bits per heavy atom. The van der Waals surface area contributed by atoms with Gasteiger partial charge in [-0.2, -0.15) is 0 Å². The van der Waals surface area contributed by atoms with Crippen LogP contribution >= 0.6 is 8.38 Å². The highest BCUT2D eigenvalue weighted by atomic mass is 31.2. The average molecular weight is 400 g/mol. The number of aliphatic hydroxyl groups is 1. The number of nitrogens with one attached hydrogen (secondary N) is 2. The molecule has 1 fully saturated rings. The quantitative estimate of drug-likeness (QED) is 0.471. The molecular weight excluding hydrogens is 375 g/mol. The van der Waals surface area contributed by atoms with Crippen molar-refractivity contribution in [2.75, 3.05) is 7.11 Å². The Bertz CT molecular complexity index is 802. The number of hydrogen-bond acceptors (Lipinski definition) is 7. The number of aliphatic hydroxyl groups excluding tert-OH is 1. The maximum atomic E-state index is 11.9. The molecule has 1 saturated heterocycles. The second kappa shape index (κ2) is 11.6. The van der Waals surface area contributed by atoms with Crippen LogP contribution in [0, 0.1) is 0 Å². The van der Waals surface area contributed by atoms with Gasteiger partial charge >= 0.3 is 5.69 Å². The molecule has 0 aliphatic carbocycles. The van der Waals surface area contributed by atoms with Crippen molar-refractivity contribution in [3.05, 3.63) is 63.2 Å². The third kappa shape index (κ3) is 7.20. The first kappa shape index (κ1) is 22.9. The van der Waals surface area contributed by atoms with E-state index in [2.05, 4.69) is 21.5 Å². The molecule has 10 nitrogen and oxygen atoms in total. The Labute approximate surface area is 157 Å². The lowest BCUT2D eigenvalue weighted by atomic mass is 10.2. The van der Waals surface area contributed by atoms with Crippen molar-refractivity contribution in [3.63, 3.8) is 0 Å². The maximum absolute atomic E-state index is 11.9. The molecule has 0 saturated carbocycles. The fourth-order valence-corrected chi connectivity index (χ4v) is 2.44. The van der Waals surface area contributed by atoms with Gasteiger partial charge < -0.3 is 24.6 Å². The number of aromatic amines is 2. The van der Waals surface area contributed by atoms with Crippen LogP contribution in [0.15, 0.2) is 40.7 Å². The van der Waals surface area contributed by atoms with Crippen LogP contribution in [-0.4, -0.2) is 47.6 Å². The van der Waals surface area contributed by atoms with Crippen molar-refractivity contribution in [3.8, 4) is 0 Å². The van der Waals surface area contributed by atoms with Gasteiger partial charge in [-0.15, -0.1) is 0 Å². The van der Waals surface area contributed by atoms with Gasteiger partial charge in [0.25, 0.3) is 5.56 Å². The number of nitrogens with zero attached hydrogens (tertiary/aromatic N) is 2. The van der Waals surface area contributed by atoms with Crippen LogP contribution in [0.2, 0.25) is 0 Å². The number of H-pyrrole nitrogens is 2. The molecule has 1 aliphatic heterocycles. The third-order valence-electron chi connectivity index (χ3n) is 3.66. The molecule has 2 aromatic heterocycles. The first-order valence-corrected chi connectivity index (χ1v) is 9.43. The molecule has 0 spiro atoms. The third-order valence-corrected chi connectivity index (χ3v) is 3.99. The minimum atomic E-state index is -1.83. The van der Waals surface area contributed by atoms with Crippen LogP contribution in [0.4, 0.5) is 0 Å². The lowest BCUT2D eigenvalue weighted by Gasteiger charge is -2.14. The molecule has 0 bridgehead atoms. The van der Waals surface area contributed by atoms with Gasteiger partial charge in [0.2, 0.25) is 0 Å². The topological polar surface area (TPSA) is 153 Å². The number of ether oxygens (including phenoxy) is 1. The predicted molar refractivity (Wildman–Crippen MR) is 101 cm³/mol. The Kier molecular flexibility index (Phi) is 9.84. The van der Waals surface area contributed by atoms with E-state index < -0.39 is 14.1 Å². The fraction of sp³-hybridized carbons (Fsp3) is 0.438. The lowest BCUT2D eigenvalue weighted by Crippen LogP contribution is -2.34. The second-order valence-corrected chi connectivity index (χ2v) is 6.56. The molecule has 2 atom stereocenters. The molecule has 0 radical (unpaired) electrons. The van der Waals surface area contributed by atoms with Gasteiger partial charge in [0.05, 0.1) is 12.4 Å². The standard InChI is InChI=1S/C13H16N4O3.C2H5O2P.CH4O/c1-8-2-3-11(20-8)17-6-9(12(18)16-13(17)19)4-10-5-14-7-15-10;1-2-5(3)4;1-2/h5-8,11H,2-4H2,1H3,(H,14,15)(H,16,18,19);2-4H,1H2;2H,1H3. The van der Waals surface area contributed by atoms with Crippen LogP contribution in [-0.2, 0) is 11.2 Å². The summed E-state index contributed by atoms with van der Waals surface area (Å²) in [6, 6.07) is 0. The maximum Gasteiger partial charge on any atom is 0.330 e. The summed E-state index contributed by atoms with van der Waals surface area (Å²) in [7, 11) is -0.834. The zero-order chi connectivity index (χ0) is 20.4. The zero-order valence-corrected chi connectivity index (χ0v) is 16.1. The van der Waals surface area contributed by atoms with Gasteiger partial charge in [-0.25, -0.2) is 9.78 Å². The Morgan fingerprint density at radius 2 is 2.07 bits per heavy atom. The van der Waals surface area contributed by atoms with E-state index in [1.165, 1.54) is 4.57 Å². The second-order valence-electron chi connectivity index (χ2n) is 5.56. The Balaban J connectivity index is 0.000000454. The zero-order valence-electron chi connectivity index (χ0n) is 15.2. The van der Waals surface area contributed by atoms with Crippen LogP contribution in [0.25, 0.3) is 0 Å². The van der Waals surface area contributed by atoms with E-state index in [4.69, 9.17) is 19.6 Å². The van der Waals surface area contributed by atoms with Crippen LogP contribution in [0.1, 0.15) is 37.3 Å². The summed E-state index contributed by atoms with van der Waals surface area (Å²) in [5, 5.41) is 7.00. The summed E-state index contributed by atoms with van der Waals surface area (Å²) < 4.78 is 7.15. The highest BCUT2D eigenvalue weighted by Crippen LogP contribution is 2.26. The van der Waals surface area contributed by atoms with E-state index in [9.17, 15) is 9.59 Å². The highest BCUT2D eigenvalue weighted by Gasteiger charge is 2.24. The van der Waals surface area contributed by atoms with E-state index in [0.717, 1.165) is 31.5 Å². The summed E-state index contributed by atoms with van der Waals surface area (Å²) in [6.07, 6.45) is 6.72. The average Bonchev–Trinajstić information content (AvgIpc) is 3.31. The molecule has 0 aromatic carbocycles. The molecule has 150 valence electrons. The number of hydrogen-bond donors (Lipinski definition) is 5. The minimum Gasteiger partial charge on any atom is -0.400 e. The van der Waals surface area contributed by atoms with Crippen molar-refractivity contribution in [1.29, 1.82) is 0 Å². The molecule has 2 aromatic rings. The SMILES string of the molecule is C=CP(O)O.CC1CCC(n2cc(Cc3cnc[nH]3)c(=O)[nH]c2=O)O1.CO. The van der Waals surface area contributed by atoms with E-state index in [-0.39, 0.29) is 17.9 Å². The number of aromatic nitrogens is 4. The molecule has 3 rings (SSSR count). The van der Waals surface area contributed by atoms with Crippen molar-refractivity contribution in [2.24, 2.45) is 0 Å². The van der Waals surface area contributed by atoms with E-state index in [0.29, 0.717) is 12.0 Å². The van der Waals surface area contributed by atoms with Crippen LogP contribution in [0.5, 0.6) is 0 Å². The lowest BCUT2D eigenvalue weighted by molar-refractivity contribution is 0.00777. The van der Waals surface area contributed by atoms with Crippen molar-refractivity contribution < 1.29 is 19.6 Å². The highest BCUT2D eigenvalue weighted by molar-refractivity contribution is 7.48. The molecule has 27 heavy (non-hydrogen) atoms. The summed E-state index contributed by atoms with van der Waals surface area (Å²) in [5.74, 6) is 1.09. The fourth-order valence-electron chi connectivity index (χ4n) is 2.44. The summed E-state index contributed by atoms with van der Waals surface area (Å²) in [4.78, 5) is 48.7. The van der Waals surface area contributed by atoms with E-state index in [1.54, 1.807) is 18.7 Å². The van der Waals surface area contributed by atoms with E-state index >= 15 is 0 Å². The number of imidazole rings is 1. The molecular formula is C16H25N4O6P. The van der Waals surface area contributed by atoms with Gasteiger partial charge in [0, 0.05) is 37.2 Å². The van der Waals surface area contributed by atoms with E-state index in [1.807, 2.05) is 6.92 Å². The Hall–Kier alpha value is -2.10. The van der Waals surface area contributed by atoms with Crippen molar-refractivity contribution >= 4 is 8.38 Å². The molecule has 1 aliphatic rings. The monoisotopic (exact) mass is 400 g/mol. The summed E-state index contributed by atoms with van der Waals surface area (Å²) >= 11 is 0. The molecule has 0 amide bonds. The molecule has 2 unspecified atom stereocenters. The van der Waals surface area contributed by atoms with Crippen molar-refractivity contribution in [1.82, 2.24) is 19.5 Å². The van der Waals surface area contributed by atoms with Gasteiger partial charge in [0.1, 0.15) is 6.23 Å². The largest absolute Gasteiger partial charge is 0.400 e. The first-order valence-electron chi connectivity index (χ1n) is 8.12. The molecule has 5 N–H and O–H groups in total. The van der Waals surface area contributed by atoms with Crippen molar-refractivity contribution in [2.45, 2.75) is 38.5 Å². The molecule has 11 heteroatoms. The first-order chi connectivity index (χ1) is 12.9. The normalized spacial score (nSPS) is 18.3. The minimum absolute atomic E-state index is 0.134. The smallest absolute Gasteiger partial charge is 0.330 e. The number of rotatable bonds is 4. The van der Waals surface area contributed by atoms with Crippen LogP contribution in [0.3, 0.4) is 0 Å². The van der Waals surface area contributed by atoms with Gasteiger partial charge in [-0.3, -0.25) is 14.3 Å². The van der Waals surface area contributed by atoms with Crippen LogP contribution < -0.4 is 11.2 Å².